The molecule has 0 radical (unpaired) electrons. The number of nitrogens with zero attached hydrogens (tertiary/aromatic N) is 1. The lowest BCUT2D eigenvalue weighted by molar-refractivity contribution is -0.131. The second-order valence-corrected chi connectivity index (χ2v) is 4.43. The minimum Gasteiger partial charge on any atom is -0.299 e. The number of hydrogen-bond donors (Lipinski definition) is 0. The normalized spacial score (nSPS) is 31.0. The van der Waals surface area contributed by atoms with Crippen molar-refractivity contribution in [1.29, 1.82) is 5.26 Å². The molecule has 0 bridgehead atoms. The molecule has 0 aliphatic heterocycles. The van der Waals surface area contributed by atoms with Crippen LogP contribution >= 0.6 is 0 Å². The topological polar surface area (TPSA) is 40.9 Å². The average Bonchev–Trinajstić information content (AvgIpc) is 2.10. The van der Waals surface area contributed by atoms with Crippen LogP contribution in [0.1, 0.15) is 46.0 Å². The summed E-state index contributed by atoms with van der Waals surface area (Å²) >= 11 is 0. The molecule has 0 spiro atoms. The van der Waals surface area contributed by atoms with Crippen molar-refractivity contribution < 1.29 is 4.79 Å². The Morgan fingerprint density at radius 2 is 2.31 bits per heavy atom. The summed E-state index contributed by atoms with van der Waals surface area (Å²) in [4.78, 5) is 11.7. The summed E-state index contributed by atoms with van der Waals surface area (Å²) in [7, 11) is 0. The SMILES string of the molecule is CC(C#N)CC1(C)CCCCC1=O. The van der Waals surface area contributed by atoms with E-state index < -0.39 is 0 Å². The Hall–Kier alpha value is -0.840. The summed E-state index contributed by atoms with van der Waals surface area (Å²) in [5.41, 5.74) is -0.201. The Balaban J connectivity index is 2.63. The quantitative estimate of drug-likeness (QED) is 0.654. The largest absolute Gasteiger partial charge is 0.299 e. The predicted molar refractivity (Wildman–Crippen MR) is 51.0 cm³/mol. The van der Waals surface area contributed by atoms with Gasteiger partial charge >= 0.3 is 0 Å². The van der Waals surface area contributed by atoms with Gasteiger partial charge < -0.3 is 0 Å². The van der Waals surface area contributed by atoms with Crippen LogP contribution in [-0.4, -0.2) is 5.78 Å². The van der Waals surface area contributed by atoms with Gasteiger partial charge in [0.2, 0.25) is 0 Å². The fraction of sp³-hybridized carbons (Fsp3) is 0.818. The van der Waals surface area contributed by atoms with Crippen molar-refractivity contribution in [2.24, 2.45) is 11.3 Å². The van der Waals surface area contributed by atoms with Crippen LogP contribution in [0.25, 0.3) is 0 Å². The van der Waals surface area contributed by atoms with Crippen LogP contribution in [0.3, 0.4) is 0 Å². The molecule has 1 aliphatic rings. The number of ketones is 1. The number of carbonyl (C=O) groups excluding carboxylic acids is 1. The molecule has 1 fully saturated rings. The summed E-state index contributed by atoms with van der Waals surface area (Å²) < 4.78 is 0. The Kier molecular flexibility index (Phi) is 3.08. The van der Waals surface area contributed by atoms with E-state index in [2.05, 4.69) is 6.07 Å². The number of carbonyl (C=O) groups is 1. The first-order valence-corrected chi connectivity index (χ1v) is 5.01. The second kappa shape index (κ2) is 3.91. The highest BCUT2D eigenvalue weighted by Gasteiger charge is 2.35. The molecule has 0 N–H and O–H groups in total. The first-order valence-electron chi connectivity index (χ1n) is 5.01. The van der Waals surface area contributed by atoms with Gasteiger partial charge in [-0.15, -0.1) is 0 Å². The molecule has 1 rings (SSSR count). The molecule has 0 saturated heterocycles. The highest BCUT2D eigenvalue weighted by Crippen LogP contribution is 2.37. The van der Waals surface area contributed by atoms with Crippen molar-refractivity contribution in [3.8, 4) is 6.07 Å². The molecule has 0 amide bonds. The van der Waals surface area contributed by atoms with E-state index in [-0.39, 0.29) is 11.3 Å². The Labute approximate surface area is 79.9 Å². The first-order chi connectivity index (χ1) is 6.08. The number of hydrogen-bond acceptors (Lipinski definition) is 2. The molecule has 2 atom stereocenters. The van der Waals surface area contributed by atoms with Crippen LogP contribution in [0.5, 0.6) is 0 Å². The van der Waals surface area contributed by atoms with E-state index in [0.29, 0.717) is 12.2 Å². The molecule has 1 aliphatic carbocycles. The molecular formula is C11H17NO. The molecule has 0 aromatic heterocycles. The minimum atomic E-state index is -0.201. The van der Waals surface area contributed by atoms with Crippen LogP contribution in [0, 0.1) is 22.7 Å². The van der Waals surface area contributed by atoms with Gasteiger partial charge in [-0.3, -0.25) is 4.79 Å². The number of Topliss-reactive ketones (excluding diaryl/α,β-unsaturated/α-hetero) is 1. The van der Waals surface area contributed by atoms with Crippen molar-refractivity contribution in [3.63, 3.8) is 0 Å². The van der Waals surface area contributed by atoms with E-state index in [1.54, 1.807) is 0 Å². The second-order valence-electron chi connectivity index (χ2n) is 4.43. The maximum Gasteiger partial charge on any atom is 0.138 e. The Morgan fingerprint density at radius 3 is 2.85 bits per heavy atom. The molecule has 2 nitrogen and oxygen atoms in total. The van der Waals surface area contributed by atoms with Crippen LogP contribution in [0.2, 0.25) is 0 Å². The molecule has 0 heterocycles. The smallest absolute Gasteiger partial charge is 0.138 e. The lowest BCUT2D eigenvalue weighted by atomic mass is 9.70. The number of nitriles is 1. The van der Waals surface area contributed by atoms with E-state index in [0.717, 1.165) is 25.7 Å². The van der Waals surface area contributed by atoms with Crippen LogP contribution < -0.4 is 0 Å². The highest BCUT2D eigenvalue weighted by atomic mass is 16.1. The lowest BCUT2D eigenvalue weighted by Gasteiger charge is -2.32. The molecular weight excluding hydrogens is 162 g/mol. The van der Waals surface area contributed by atoms with Crippen LogP contribution in [-0.2, 0) is 4.79 Å². The Bertz CT molecular complexity index is 241. The predicted octanol–water partition coefficient (Wildman–Crippen LogP) is 2.69. The van der Waals surface area contributed by atoms with Gasteiger partial charge in [0, 0.05) is 17.8 Å². The van der Waals surface area contributed by atoms with Gasteiger partial charge in [-0.25, -0.2) is 0 Å². The van der Waals surface area contributed by atoms with Crippen molar-refractivity contribution >= 4 is 5.78 Å². The molecule has 2 heteroatoms. The van der Waals surface area contributed by atoms with Gasteiger partial charge in [-0.05, 0) is 26.2 Å². The fourth-order valence-electron chi connectivity index (χ4n) is 2.18. The highest BCUT2D eigenvalue weighted by molar-refractivity contribution is 5.85. The third kappa shape index (κ3) is 2.30. The third-order valence-corrected chi connectivity index (χ3v) is 3.03. The third-order valence-electron chi connectivity index (χ3n) is 3.03. The molecule has 0 aromatic rings. The van der Waals surface area contributed by atoms with Gasteiger partial charge in [-0.1, -0.05) is 13.3 Å². The van der Waals surface area contributed by atoms with Gasteiger partial charge in [0.15, 0.2) is 0 Å². The zero-order chi connectivity index (χ0) is 9.90. The van der Waals surface area contributed by atoms with Gasteiger partial charge in [-0.2, -0.15) is 5.26 Å². The van der Waals surface area contributed by atoms with E-state index in [1.807, 2.05) is 13.8 Å². The van der Waals surface area contributed by atoms with Crippen molar-refractivity contribution in [3.05, 3.63) is 0 Å². The standard InChI is InChI=1S/C11H17NO/c1-9(8-12)7-11(2)6-4-3-5-10(11)13/h9H,3-7H2,1-2H3. The summed E-state index contributed by atoms with van der Waals surface area (Å²) in [5.74, 6) is 0.368. The van der Waals surface area contributed by atoms with E-state index in [1.165, 1.54) is 0 Å². The molecule has 72 valence electrons. The Morgan fingerprint density at radius 1 is 1.62 bits per heavy atom. The summed E-state index contributed by atoms with van der Waals surface area (Å²) in [6, 6.07) is 2.21. The van der Waals surface area contributed by atoms with Crippen LogP contribution in [0.15, 0.2) is 0 Å². The summed E-state index contributed by atoms with van der Waals surface area (Å²) in [5, 5.41) is 8.70. The van der Waals surface area contributed by atoms with E-state index >= 15 is 0 Å². The molecule has 2 unspecified atom stereocenters. The monoisotopic (exact) mass is 179 g/mol. The zero-order valence-corrected chi connectivity index (χ0v) is 8.47. The first kappa shape index (κ1) is 10.2. The van der Waals surface area contributed by atoms with Crippen molar-refractivity contribution in [1.82, 2.24) is 0 Å². The van der Waals surface area contributed by atoms with Crippen molar-refractivity contribution in [2.75, 3.05) is 0 Å². The lowest BCUT2D eigenvalue weighted by Crippen LogP contribution is -2.32. The minimum absolute atomic E-state index is 0.00653. The fourth-order valence-corrected chi connectivity index (χ4v) is 2.18. The molecule has 0 aromatic carbocycles. The summed E-state index contributed by atoms with van der Waals surface area (Å²) in [6.45, 7) is 3.91. The van der Waals surface area contributed by atoms with Gasteiger partial charge in [0.05, 0.1) is 6.07 Å². The van der Waals surface area contributed by atoms with Gasteiger partial charge in [0.1, 0.15) is 5.78 Å². The maximum absolute atomic E-state index is 11.7. The molecule has 13 heavy (non-hydrogen) atoms. The maximum atomic E-state index is 11.7. The average molecular weight is 179 g/mol. The molecule has 1 saturated carbocycles. The van der Waals surface area contributed by atoms with Crippen LogP contribution in [0.4, 0.5) is 0 Å². The van der Waals surface area contributed by atoms with E-state index in [9.17, 15) is 4.79 Å². The zero-order valence-electron chi connectivity index (χ0n) is 8.47. The van der Waals surface area contributed by atoms with Crippen molar-refractivity contribution in [2.45, 2.75) is 46.0 Å². The van der Waals surface area contributed by atoms with E-state index in [4.69, 9.17) is 5.26 Å². The number of rotatable bonds is 2. The summed E-state index contributed by atoms with van der Waals surface area (Å²) in [6.07, 6.45) is 4.60. The van der Waals surface area contributed by atoms with Gasteiger partial charge in [0.25, 0.3) is 0 Å².